The van der Waals surface area contributed by atoms with Crippen molar-refractivity contribution in [2.24, 2.45) is 0 Å². The van der Waals surface area contributed by atoms with Gasteiger partial charge in [-0.1, -0.05) is 18.2 Å². The first-order valence-electron chi connectivity index (χ1n) is 7.52. The molecule has 1 aliphatic heterocycles. The number of anilines is 1. The minimum atomic E-state index is -3.71. The highest BCUT2D eigenvalue weighted by atomic mass is 32.2. The number of halogens is 1. The number of benzene rings is 2. The quantitative estimate of drug-likeness (QED) is 0.855. The van der Waals surface area contributed by atoms with E-state index in [2.05, 4.69) is 0 Å². The largest absolute Gasteiger partial charge is 0.369 e. The summed E-state index contributed by atoms with van der Waals surface area (Å²) in [7, 11) is -3.71. The van der Waals surface area contributed by atoms with E-state index >= 15 is 0 Å². The van der Waals surface area contributed by atoms with Crippen molar-refractivity contribution < 1.29 is 12.8 Å². The van der Waals surface area contributed by atoms with Gasteiger partial charge in [-0.25, -0.2) is 12.8 Å². The molecule has 1 aliphatic rings. The lowest BCUT2D eigenvalue weighted by Gasteiger charge is -2.35. The van der Waals surface area contributed by atoms with Crippen LogP contribution in [0, 0.1) is 17.1 Å². The molecule has 0 aliphatic carbocycles. The molecule has 2 aromatic rings. The molecule has 0 saturated carbocycles. The van der Waals surface area contributed by atoms with Crippen LogP contribution in [0.25, 0.3) is 0 Å². The Morgan fingerprint density at radius 1 is 1.00 bits per heavy atom. The van der Waals surface area contributed by atoms with Crippen LogP contribution in [0.15, 0.2) is 53.4 Å². The van der Waals surface area contributed by atoms with Gasteiger partial charge in [0.15, 0.2) is 0 Å². The molecule has 24 heavy (non-hydrogen) atoms. The van der Waals surface area contributed by atoms with E-state index < -0.39 is 10.0 Å². The summed E-state index contributed by atoms with van der Waals surface area (Å²) in [5, 5.41) is 9.12. The Labute approximate surface area is 140 Å². The fraction of sp³-hybridized carbons (Fsp3) is 0.235. The molecule has 1 saturated heterocycles. The average Bonchev–Trinajstić information content (AvgIpc) is 2.62. The van der Waals surface area contributed by atoms with E-state index in [1.54, 1.807) is 24.3 Å². The predicted molar refractivity (Wildman–Crippen MR) is 88.5 cm³/mol. The summed E-state index contributed by atoms with van der Waals surface area (Å²) in [6.07, 6.45) is 0. The average molecular weight is 345 g/mol. The Bertz CT molecular complexity index is 885. The van der Waals surface area contributed by atoms with Crippen molar-refractivity contribution in [3.63, 3.8) is 0 Å². The molecule has 1 fully saturated rings. The fourth-order valence-electron chi connectivity index (χ4n) is 2.78. The predicted octanol–water partition coefficient (Wildman–Crippen LogP) is 2.21. The fourth-order valence-corrected chi connectivity index (χ4v) is 4.35. The van der Waals surface area contributed by atoms with E-state index in [0.29, 0.717) is 26.2 Å². The van der Waals surface area contributed by atoms with Crippen LogP contribution >= 0.6 is 0 Å². The Morgan fingerprint density at radius 3 is 2.38 bits per heavy atom. The van der Waals surface area contributed by atoms with Gasteiger partial charge in [0.2, 0.25) is 10.0 Å². The molecule has 0 aromatic heterocycles. The Kier molecular flexibility index (Phi) is 4.51. The van der Waals surface area contributed by atoms with Crippen LogP contribution < -0.4 is 4.90 Å². The van der Waals surface area contributed by atoms with E-state index in [1.807, 2.05) is 11.0 Å². The standard InChI is InChI=1S/C17H16FN3O2S/c18-15-5-3-6-16(12-15)20-8-10-21(11-9-20)24(22,23)17-7-2-1-4-14(17)13-19/h1-7,12H,8-11H2. The van der Waals surface area contributed by atoms with Crippen LogP contribution in [-0.4, -0.2) is 38.9 Å². The summed E-state index contributed by atoms with van der Waals surface area (Å²) >= 11 is 0. The third kappa shape index (κ3) is 3.11. The molecule has 0 unspecified atom stereocenters. The lowest BCUT2D eigenvalue weighted by Crippen LogP contribution is -2.48. The molecule has 3 rings (SSSR count). The molecule has 5 nitrogen and oxygen atoms in total. The molecule has 2 aromatic carbocycles. The van der Waals surface area contributed by atoms with E-state index in [1.165, 1.54) is 28.6 Å². The topological polar surface area (TPSA) is 64.4 Å². The number of nitrogens with zero attached hydrogens (tertiary/aromatic N) is 3. The van der Waals surface area contributed by atoms with Crippen LogP contribution in [0.5, 0.6) is 0 Å². The third-order valence-corrected chi connectivity index (χ3v) is 5.99. The highest BCUT2D eigenvalue weighted by molar-refractivity contribution is 7.89. The van der Waals surface area contributed by atoms with Crippen molar-refractivity contribution >= 4 is 15.7 Å². The lowest BCUT2D eigenvalue weighted by atomic mass is 10.2. The molecule has 0 atom stereocenters. The summed E-state index contributed by atoms with van der Waals surface area (Å²) in [6.45, 7) is 1.52. The zero-order valence-corrected chi connectivity index (χ0v) is 13.7. The van der Waals surface area contributed by atoms with Crippen molar-refractivity contribution in [2.75, 3.05) is 31.1 Å². The number of hydrogen-bond acceptors (Lipinski definition) is 4. The molecule has 124 valence electrons. The molecule has 1 heterocycles. The summed E-state index contributed by atoms with van der Waals surface area (Å²) < 4.78 is 40.2. The maximum atomic E-state index is 13.3. The maximum absolute atomic E-state index is 13.3. The summed E-state index contributed by atoms with van der Waals surface area (Å²) in [5.74, 6) is -0.314. The molecule has 0 bridgehead atoms. The monoisotopic (exact) mass is 345 g/mol. The van der Waals surface area contributed by atoms with Gasteiger partial charge in [0, 0.05) is 31.9 Å². The normalized spacial score (nSPS) is 15.9. The van der Waals surface area contributed by atoms with Crippen molar-refractivity contribution in [3.8, 4) is 6.07 Å². The van der Waals surface area contributed by atoms with Gasteiger partial charge in [0.1, 0.15) is 11.9 Å². The van der Waals surface area contributed by atoms with Crippen LogP contribution in [0.2, 0.25) is 0 Å². The first-order chi connectivity index (χ1) is 11.5. The first kappa shape index (κ1) is 16.4. The second-order valence-corrected chi connectivity index (χ2v) is 7.39. The number of sulfonamides is 1. The highest BCUT2D eigenvalue weighted by Crippen LogP contribution is 2.23. The summed E-state index contributed by atoms with van der Waals surface area (Å²) in [6, 6.07) is 14.4. The number of piperazine rings is 1. The van der Waals surface area contributed by atoms with Gasteiger partial charge < -0.3 is 4.90 Å². The minimum Gasteiger partial charge on any atom is -0.369 e. The van der Waals surface area contributed by atoms with Crippen molar-refractivity contribution in [2.45, 2.75) is 4.90 Å². The Hall–Kier alpha value is -2.43. The van der Waals surface area contributed by atoms with E-state index in [9.17, 15) is 12.8 Å². The van der Waals surface area contributed by atoms with Gasteiger partial charge in [0.05, 0.1) is 10.5 Å². The molecular weight excluding hydrogens is 329 g/mol. The van der Waals surface area contributed by atoms with Crippen LogP contribution in [0.3, 0.4) is 0 Å². The number of hydrogen-bond donors (Lipinski definition) is 0. The summed E-state index contributed by atoms with van der Waals surface area (Å²) in [4.78, 5) is 1.98. The molecule has 0 N–H and O–H groups in total. The Morgan fingerprint density at radius 2 is 1.71 bits per heavy atom. The molecule has 0 spiro atoms. The molecule has 7 heteroatoms. The lowest BCUT2D eigenvalue weighted by molar-refractivity contribution is 0.384. The highest BCUT2D eigenvalue weighted by Gasteiger charge is 2.30. The smallest absolute Gasteiger partial charge is 0.244 e. The van der Waals surface area contributed by atoms with Crippen LogP contribution in [0.1, 0.15) is 5.56 Å². The molecule has 0 amide bonds. The SMILES string of the molecule is N#Cc1ccccc1S(=O)(=O)N1CCN(c2cccc(F)c2)CC1. The number of rotatable bonds is 3. The second-order valence-electron chi connectivity index (χ2n) is 5.48. The van der Waals surface area contributed by atoms with Crippen LogP contribution in [0.4, 0.5) is 10.1 Å². The zero-order valence-electron chi connectivity index (χ0n) is 12.9. The zero-order chi connectivity index (χ0) is 17.2. The summed E-state index contributed by atoms with van der Waals surface area (Å²) in [5.41, 5.74) is 0.884. The molecule has 0 radical (unpaired) electrons. The van der Waals surface area contributed by atoms with Gasteiger partial charge in [-0.05, 0) is 30.3 Å². The maximum Gasteiger partial charge on any atom is 0.244 e. The van der Waals surface area contributed by atoms with Gasteiger partial charge in [-0.3, -0.25) is 0 Å². The van der Waals surface area contributed by atoms with Crippen molar-refractivity contribution in [3.05, 3.63) is 59.9 Å². The first-order valence-corrected chi connectivity index (χ1v) is 8.96. The van der Waals surface area contributed by atoms with E-state index in [-0.39, 0.29) is 16.3 Å². The van der Waals surface area contributed by atoms with Crippen molar-refractivity contribution in [1.29, 1.82) is 5.26 Å². The van der Waals surface area contributed by atoms with E-state index in [4.69, 9.17) is 5.26 Å². The van der Waals surface area contributed by atoms with Gasteiger partial charge in [0.25, 0.3) is 0 Å². The second kappa shape index (κ2) is 6.59. The molecular formula is C17H16FN3O2S. The van der Waals surface area contributed by atoms with Gasteiger partial charge in [-0.2, -0.15) is 9.57 Å². The van der Waals surface area contributed by atoms with E-state index in [0.717, 1.165) is 5.69 Å². The van der Waals surface area contributed by atoms with Crippen LogP contribution in [-0.2, 0) is 10.0 Å². The van der Waals surface area contributed by atoms with Crippen molar-refractivity contribution in [1.82, 2.24) is 4.31 Å². The van der Waals surface area contributed by atoms with Gasteiger partial charge in [-0.15, -0.1) is 0 Å². The Balaban J connectivity index is 1.78. The third-order valence-electron chi connectivity index (χ3n) is 4.04. The number of nitriles is 1. The van der Waals surface area contributed by atoms with Gasteiger partial charge >= 0.3 is 0 Å². The minimum absolute atomic E-state index is 0.0340.